The number of rotatable bonds is 11. The summed E-state index contributed by atoms with van der Waals surface area (Å²) in [5, 5.41) is 11.1. The Kier molecular flexibility index (Phi) is 8.39. The van der Waals surface area contributed by atoms with Crippen LogP contribution in [0.1, 0.15) is 49.9 Å². The van der Waals surface area contributed by atoms with Crippen molar-refractivity contribution in [1.29, 1.82) is 0 Å². The monoisotopic (exact) mass is 438 g/mol. The number of amides is 1. The molecule has 1 aliphatic rings. The van der Waals surface area contributed by atoms with Crippen LogP contribution in [-0.4, -0.2) is 53.5 Å². The van der Waals surface area contributed by atoms with Crippen molar-refractivity contribution in [3.8, 4) is 5.75 Å². The van der Waals surface area contributed by atoms with Gasteiger partial charge in [0.05, 0.1) is 17.9 Å². The van der Waals surface area contributed by atoms with Gasteiger partial charge in [0.1, 0.15) is 17.6 Å². The van der Waals surface area contributed by atoms with Gasteiger partial charge in [0.15, 0.2) is 0 Å². The number of Topliss-reactive ketones (excluding diaryl/α,β-unsaturated/α-hetero) is 1. The van der Waals surface area contributed by atoms with Crippen molar-refractivity contribution >= 4 is 17.4 Å². The van der Waals surface area contributed by atoms with Crippen LogP contribution in [0.2, 0.25) is 0 Å². The number of likely N-dealkylation sites (tertiary alicyclic amines) is 1. The van der Waals surface area contributed by atoms with Crippen LogP contribution in [0.5, 0.6) is 5.75 Å². The summed E-state index contributed by atoms with van der Waals surface area (Å²) in [6.07, 6.45) is 5.38. The van der Waals surface area contributed by atoms with Gasteiger partial charge in [-0.3, -0.25) is 14.6 Å². The predicted molar refractivity (Wildman–Crippen MR) is 121 cm³/mol. The van der Waals surface area contributed by atoms with Gasteiger partial charge in [-0.15, -0.1) is 0 Å². The summed E-state index contributed by atoms with van der Waals surface area (Å²) in [5.41, 5.74) is 1.02. The zero-order valence-corrected chi connectivity index (χ0v) is 18.6. The number of pyridine rings is 1. The fourth-order valence-electron chi connectivity index (χ4n) is 3.74. The van der Waals surface area contributed by atoms with Gasteiger partial charge in [-0.1, -0.05) is 25.8 Å². The Balaban J connectivity index is 1.91. The third-order valence-corrected chi connectivity index (χ3v) is 5.40. The Morgan fingerprint density at radius 1 is 1.06 bits per heavy atom. The lowest BCUT2D eigenvalue weighted by molar-refractivity contribution is -0.140. The average Bonchev–Trinajstić information content (AvgIpc) is 3.07. The van der Waals surface area contributed by atoms with Crippen LogP contribution in [0.25, 0.3) is 5.76 Å². The molecule has 2 aromatic rings. The van der Waals surface area contributed by atoms with Crippen molar-refractivity contribution in [3.63, 3.8) is 0 Å². The molecule has 1 fully saturated rings. The molecule has 3 rings (SSSR count). The summed E-state index contributed by atoms with van der Waals surface area (Å²) >= 11 is 0. The van der Waals surface area contributed by atoms with Gasteiger partial charge in [0, 0.05) is 32.0 Å². The van der Waals surface area contributed by atoms with E-state index in [2.05, 4.69) is 11.9 Å². The van der Waals surface area contributed by atoms with Crippen LogP contribution < -0.4 is 4.74 Å². The lowest BCUT2D eigenvalue weighted by atomic mass is 9.98. The molecular weight excluding hydrogens is 408 g/mol. The van der Waals surface area contributed by atoms with Crippen LogP contribution in [0.3, 0.4) is 0 Å². The van der Waals surface area contributed by atoms with Crippen molar-refractivity contribution in [1.82, 2.24) is 9.88 Å². The van der Waals surface area contributed by atoms with E-state index in [1.165, 1.54) is 4.90 Å². The molecule has 1 atom stereocenters. The normalized spacial score (nSPS) is 17.7. The van der Waals surface area contributed by atoms with Crippen molar-refractivity contribution in [3.05, 3.63) is 65.5 Å². The van der Waals surface area contributed by atoms with Crippen LogP contribution in [-0.2, 0) is 14.3 Å². The number of aromatic nitrogens is 1. The Bertz CT molecular complexity index is 941. The van der Waals surface area contributed by atoms with E-state index < -0.39 is 17.7 Å². The molecule has 0 spiro atoms. The topological polar surface area (TPSA) is 89.0 Å². The molecule has 1 saturated heterocycles. The molecule has 1 N–H and O–H groups in total. The van der Waals surface area contributed by atoms with Crippen LogP contribution in [0, 0.1) is 0 Å². The van der Waals surface area contributed by atoms with E-state index in [0.29, 0.717) is 43.2 Å². The van der Waals surface area contributed by atoms with E-state index in [1.54, 1.807) is 55.8 Å². The van der Waals surface area contributed by atoms with Gasteiger partial charge in [-0.05, 0) is 49.2 Å². The van der Waals surface area contributed by atoms with Gasteiger partial charge in [-0.25, -0.2) is 0 Å². The maximum absolute atomic E-state index is 12.9. The van der Waals surface area contributed by atoms with E-state index in [9.17, 15) is 14.7 Å². The number of carbonyl (C=O) groups excluding carboxylic acids is 2. The minimum absolute atomic E-state index is 0.0442. The Morgan fingerprint density at radius 2 is 1.84 bits per heavy atom. The second-order valence-electron chi connectivity index (χ2n) is 7.67. The molecule has 2 heterocycles. The van der Waals surface area contributed by atoms with Crippen molar-refractivity contribution in [2.24, 2.45) is 0 Å². The zero-order valence-electron chi connectivity index (χ0n) is 18.6. The molecule has 1 unspecified atom stereocenters. The number of hydrogen-bond acceptors (Lipinski definition) is 6. The summed E-state index contributed by atoms with van der Waals surface area (Å²) < 4.78 is 10.8. The number of nitrogens with zero attached hydrogens (tertiary/aromatic N) is 2. The fraction of sp³-hybridized carbons (Fsp3) is 0.400. The van der Waals surface area contributed by atoms with Gasteiger partial charge in [0.2, 0.25) is 0 Å². The van der Waals surface area contributed by atoms with E-state index in [-0.39, 0.29) is 11.3 Å². The highest BCUT2D eigenvalue weighted by Gasteiger charge is 2.46. The first kappa shape index (κ1) is 23.5. The maximum atomic E-state index is 12.9. The lowest BCUT2D eigenvalue weighted by Gasteiger charge is -2.24. The second-order valence-corrected chi connectivity index (χ2v) is 7.67. The first-order valence-electron chi connectivity index (χ1n) is 11.0. The molecule has 1 aromatic carbocycles. The summed E-state index contributed by atoms with van der Waals surface area (Å²) in [7, 11) is 1.58. The highest BCUT2D eigenvalue weighted by Crippen LogP contribution is 2.38. The highest BCUT2D eigenvalue weighted by atomic mass is 16.5. The van der Waals surface area contributed by atoms with Gasteiger partial charge in [-0.2, -0.15) is 0 Å². The molecule has 0 saturated carbocycles. The zero-order chi connectivity index (χ0) is 22.9. The number of ether oxygens (including phenoxy) is 2. The Labute approximate surface area is 188 Å². The Morgan fingerprint density at radius 3 is 2.50 bits per heavy atom. The fourth-order valence-corrected chi connectivity index (χ4v) is 3.74. The molecule has 0 aliphatic carbocycles. The smallest absolute Gasteiger partial charge is 0.295 e. The molecule has 1 aliphatic heterocycles. The number of benzene rings is 1. The van der Waals surface area contributed by atoms with Crippen molar-refractivity contribution in [2.75, 3.05) is 26.9 Å². The van der Waals surface area contributed by atoms with E-state index >= 15 is 0 Å². The molecule has 170 valence electrons. The van der Waals surface area contributed by atoms with Crippen LogP contribution in [0.4, 0.5) is 0 Å². The maximum Gasteiger partial charge on any atom is 0.295 e. The quantitative estimate of drug-likeness (QED) is 0.246. The number of aliphatic hydroxyl groups is 1. The van der Waals surface area contributed by atoms with Crippen LogP contribution >= 0.6 is 0 Å². The summed E-state index contributed by atoms with van der Waals surface area (Å²) in [5.74, 6) is -0.880. The third kappa shape index (κ3) is 5.34. The molecular formula is C25H30N2O5. The molecule has 1 aromatic heterocycles. The average molecular weight is 439 g/mol. The van der Waals surface area contributed by atoms with E-state index in [0.717, 1.165) is 19.3 Å². The summed E-state index contributed by atoms with van der Waals surface area (Å²) in [6, 6.07) is 11.5. The first-order chi connectivity index (χ1) is 15.6. The van der Waals surface area contributed by atoms with Crippen molar-refractivity contribution in [2.45, 2.75) is 38.6 Å². The number of unbranched alkanes of at least 4 members (excludes halogenated alkanes) is 2. The van der Waals surface area contributed by atoms with Gasteiger partial charge >= 0.3 is 0 Å². The molecule has 1 amide bonds. The molecule has 32 heavy (non-hydrogen) atoms. The SMILES string of the molecule is CCCCCOc1ccc(/C(O)=C2/C(=O)C(=O)N(CCCOC)C2c2ccccn2)cc1. The first-order valence-corrected chi connectivity index (χ1v) is 11.0. The number of carbonyl (C=O) groups is 2. The van der Waals surface area contributed by atoms with Gasteiger partial charge in [0.25, 0.3) is 11.7 Å². The number of aliphatic hydroxyl groups excluding tert-OH is 1. The largest absolute Gasteiger partial charge is 0.507 e. The minimum atomic E-state index is -0.752. The number of hydrogen-bond donors (Lipinski definition) is 1. The highest BCUT2D eigenvalue weighted by molar-refractivity contribution is 6.46. The predicted octanol–water partition coefficient (Wildman–Crippen LogP) is 4.11. The second kappa shape index (κ2) is 11.4. The number of methoxy groups -OCH3 is 1. The van der Waals surface area contributed by atoms with E-state index in [4.69, 9.17) is 9.47 Å². The molecule has 7 nitrogen and oxygen atoms in total. The summed E-state index contributed by atoms with van der Waals surface area (Å²) in [4.78, 5) is 31.5. The standard InChI is InChI=1S/C25H30N2O5/c1-3-4-7-17-32-19-12-10-18(11-13-19)23(28)21-22(20-9-5-6-14-26-20)27(15-8-16-31-2)25(30)24(21)29/h5-6,9-14,22,28H,3-4,7-8,15-17H2,1-2H3/b23-21-. The van der Waals surface area contributed by atoms with Crippen molar-refractivity contribution < 1.29 is 24.2 Å². The molecule has 7 heteroatoms. The lowest BCUT2D eigenvalue weighted by Crippen LogP contribution is -2.31. The summed E-state index contributed by atoms with van der Waals surface area (Å²) in [6.45, 7) is 3.54. The Hall–Kier alpha value is -3.19. The molecule has 0 bridgehead atoms. The van der Waals surface area contributed by atoms with E-state index in [1.807, 2.05) is 0 Å². The van der Waals surface area contributed by atoms with Crippen LogP contribution in [0.15, 0.2) is 54.2 Å². The molecule has 0 radical (unpaired) electrons. The number of ketones is 1. The van der Waals surface area contributed by atoms with Gasteiger partial charge < -0.3 is 19.5 Å². The minimum Gasteiger partial charge on any atom is -0.507 e. The third-order valence-electron chi connectivity index (χ3n) is 5.40.